The zero-order valence-corrected chi connectivity index (χ0v) is 14.7. The average Bonchev–Trinajstić information content (AvgIpc) is 2.62. The van der Waals surface area contributed by atoms with Gasteiger partial charge in [-0.2, -0.15) is 0 Å². The zero-order chi connectivity index (χ0) is 17.7. The normalized spacial score (nSPS) is 26.2. The lowest BCUT2D eigenvalue weighted by Crippen LogP contribution is -2.58. The lowest BCUT2D eigenvalue weighted by Gasteiger charge is -2.38. The van der Waals surface area contributed by atoms with Crippen LogP contribution in [0.25, 0.3) is 0 Å². The number of hydrogen-bond acceptors (Lipinski definition) is 4. The third kappa shape index (κ3) is 3.96. The van der Waals surface area contributed by atoms with Gasteiger partial charge in [0.05, 0.1) is 13.0 Å². The first-order valence-corrected chi connectivity index (χ1v) is 8.60. The predicted molar refractivity (Wildman–Crippen MR) is 93.1 cm³/mol. The van der Waals surface area contributed by atoms with E-state index in [9.17, 15) is 9.59 Å². The summed E-state index contributed by atoms with van der Waals surface area (Å²) in [5.74, 6) is -0.438. The maximum atomic E-state index is 12.7. The molecule has 5 nitrogen and oxygen atoms in total. The van der Waals surface area contributed by atoms with E-state index in [1.807, 2.05) is 30.3 Å². The van der Waals surface area contributed by atoms with Gasteiger partial charge in [-0.3, -0.25) is 4.79 Å². The van der Waals surface area contributed by atoms with E-state index in [-0.39, 0.29) is 11.9 Å². The highest BCUT2D eigenvalue weighted by Crippen LogP contribution is 2.33. The standard InChI is InChI=1S/C19H28N2O3/c1-13-9-11-19(12-10-13,18(23)24-3)21-17(22)14(2)16(20)15-7-5-4-6-8-15/h4-8,13-14,16H,9-12,20H2,1-3H3,(H,21,22). The molecule has 0 heterocycles. The van der Waals surface area contributed by atoms with Crippen LogP contribution in [0.5, 0.6) is 0 Å². The van der Waals surface area contributed by atoms with Crippen LogP contribution < -0.4 is 11.1 Å². The molecule has 0 spiro atoms. The van der Waals surface area contributed by atoms with Crippen LogP contribution in [0, 0.1) is 11.8 Å². The summed E-state index contributed by atoms with van der Waals surface area (Å²) in [6.45, 7) is 3.96. The number of nitrogens with one attached hydrogen (secondary N) is 1. The van der Waals surface area contributed by atoms with Crippen molar-refractivity contribution in [2.24, 2.45) is 17.6 Å². The molecule has 1 aliphatic rings. The van der Waals surface area contributed by atoms with Crippen LogP contribution in [0.15, 0.2) is 30.3 Å². The van der Waals surface area contributed by atoms with Crippen molar-refractivity contribution in [1.29, 1.82) is 0 Å². The third-order valence-corrected chi connectivity index (χ3v) is 5.20. The minimum atomic E-state index is -0.914. The lowest BCUT2D eigenvalue weighted by molar-refractivity contribution is -0.153. The van der Waals surface area contributed by atoms with Gasteiger partial charge in [-0.05, 0) is 37.2 Å². The fourth-order valence-electron chi connectivity index (χ4n) is 3.31. The Labute approximate surface area is 143 Å². The highest BCUT2D eigenvalue weighted by atomic mass is 16.5. The first-order valence-electron chi connectivity index (χ1n) is 8.60. The van der Waals surface area contributed by atoms with Gasteiger partial charge in [0.15, 0.2) is 0 Å². The Bertz CT molecular complexity index is 565. The molecule has 1 aliphatic carbocycles. The number of esters is 1. The Morgan fingerprint density at radius 2 is 1.83 bits per heavy atom. The Morgan fingerprint density at radius 3 is 2.38 bits per heavy atom. The molecule has 0 radical (unpaired) electrons. The summed E-state index contributed by atoms with van der Waals surface area (Å²) in [5.41, 5.74) is 6.23. The number of methoxy groups -OCH3 is 1. The highest BCUT2D eigenvalue weighted by molar-refractivity contribution is 5.89. The first-order chi connectivity index (χ1) is 11.4. The Hall–Kier alpha value is -1.88. The maximum Gasteiger partial charge on any atom is 0.331 e. The molecule has 24 heavy (non-hydrogen) atoms. The Balaban J connectivity index is 2.11. The summed E-state index contributed by atoms with van der Waals surface area (Å²) in [6.07, 6.45) is 3.02. The molecule has 1 saturated carbocycles. The van der Waals surface area contributed by atoms with Crippen molar-refractivity contribution in [3.05, 3.63) is 35.9 Å². The molecule has 0 aliphatic heterocycles. The molecular weight excluding hydrogens is 304 g/mol. The SMILES string of the molecule is COC(=O)C1(NC(=O)C(C)C(N)c2ccccc2)CCC(C)CC1. The number of hydrogen-bond donors (Lipinski definition) is 2. The monoisotopic (exact) mass is 332 g/mol. The van der Waals surface area contributed by atoms with Crippen molar-refractivity contribution >= 4 is 11.9 Å². The van der Waals surface area contributed by atoms with Crippen LogP contribution in [0.4, 0.5) is 0 Å². The molecule has 0 saturated heterocycles. The topological polar surface area (TPSA) is 81.4 Å². The fourth-order valence-corrected chi connectivity index (χ4v) is 3.31. The van der Waals surface area contributed by atoms with Crippen molar-refractivity contribution in [1.82, 2.24) is 5.32 Å². The van der Waals surface area contributed by atoms with E-state index in [1.165, 1.54) is 7.11 Å². The number of nitrogens with two attached hydrogens (primary N) is 1. The van der Waals surface area contributed by atoms with Crippen LogP contribution in [-0.2, 0) is 14.3 Å². The summed E-state index contributed by atoms with van der Waals surface area (Å²) in [4.78, 5) is 25.1. The lowest BCUT2D eigenvalue weighted by atomic mass is 9.76. The molecule has 5 heteroatoms. The number of rotatable bonds is 5. The summed E-state index contributed by atoms with van der Waals surface area (Å²) in [7, 11) is 1.37. The first kappa shape index (κ1) is 18.5. The van der Waals surface area contributed by atoms with Gasteiger partial charge in [-0.25, -0.2) is 4.79 Å². The van der Waals surface area contributed by atoms with E-state index in [1.54, 1.807) is 6.92 Å². The third-order valence-electron chi connectivity index (χ3n) is 5.20. The van der Waals surface area contributed by atoms with Crippen molar-refractivity contribution in [2.75, 3.05) is 7.11 Å². The summed E-state index contributed by atoms with van der Waals surface area (Å²) in [5, 5.41) is 2.96. The van der Waals surface area contributed by atoms with Crippen molar-refractivity contribution in [3.63, 3.8) is 0 Å². The molecular formula is C19H28N2O3. The quantitative estimate of drug-likeness (QED) is 0.812. The second kappa shape index (κ2) is 7.79. The second-order valence-corrected chi connectivity index (χ2v) is 6.97. The molecule has 0 aromatic heterocycles. The average molecular weight is 332 g/mol. The predicted octanol–water partition coefficient (Wildman–Crippen LogP) is 2.56. The van der Waals surface area contributed by atoms with Crippen LogP contribution in [-0.4, -0.2) is 24.5 Å². The van der Waals surface area contributed by atoms with E-state index in [0.29, 0.717) is 18.8 Å². The van der Waals surface area contributed by atoms with E-state index in [4.69, 9.17) is 10.5 Å². The van der Waals surface area contributed by atoms with Gasteiger partial charge in [0, 0.05) is 6.04 Å². The van der Waals surface area contributed by atoms with Gasteiger partial charge in [-0.1, -0.05) is 44.2 Å². The Kier molecular flexibility index (Phi) is 5.99. The molecule has 132 valence electrons. The van der Waals surface area contributed by atoms with Gasteiger partial charge in [0.2, 0.25) is 5.91 Å². The molecule has 2 atom stereocenters. The van der Waals surface area contributed by atoms with Crippen LogP contribution >= 0.6 is 0 Å². The summed E-state index contributed by atoms with van der Waals surface area (Å²) >= 11 is 0. The fraction of sp³-hybridized carbons (Fsp3) is 0.579. The van der Waals surface area contributed by atoms with E-state index >= 15 is 0 Å². The van der Waals surface area contributed by atoms with Gasteiger partial charge in [0.25, 0.3) is 0 Å². The second-order valence-electron chi connectivity index (χ2n) is 6.97. The molecule has 2 rings (SSSR count). The van der Waals surface area contributed by atoms with E-state index in [2.05, 4.69) is 12.2 Å². The molecule has 1 aromatic carbocycles. The van der Waals surface area contributed by atoms with Crippen molar-refractivity contribution in [3.8, 4) is 0 Å². The van der Waals surface area contributed by atoms with Crippen LogP contribution in [0.1, 0.15) is 51.1 Å². The van der Waals surface area contributed by atoms with Gasteiger partial charge in [0.1, 0.15) is 5.54 Å². The van der Waals surface area contributed by atoms with E-state index in [0.717, 1.165) is 18.4 Å². The molecule has 3 N–H and O–H groups in total. The van der Waals surface area contributed by atoms with E-state index < -0.39 is 17.5 Å². The van der Waals surface area contributed by atoms with Crippen LogP contribution in [0.2, 0.25) is 0 Å². The van der Waals surface area contributed by atoms with Gasteiger partial charge in [-0.15, -0.1) is 0 Å². The highest BCUT2D eigenvalue weighted by Gasteiger charge is 2.44. The number of amides is 1. The summed E-state index contributed by atoms with van der Waals surface area (Å²) < 4.78 is 4.97. The summed E-state index contributed by atoms with van der Waals surface area (Å²) in [6, 6.07) is 9.12. The van der Waals surface area contributed by atoms with Crippen molar-refractivity contribution < 1.29 is 14.3 Å². The number of benzene rings is 1. The maximum absolute atomic E-state index is 12.7. The number of carbonyl (C=O) groups is 2. The Morgan fingerprint density at radius 1 is 1.25 bits per heavy atom. The zero-order valence-electron chi connectivity index (χ0n) is 14.7. The minimum absolute atomic E-state index is 0.202. The molecule has 1 fully saturated rings. The van der Waals surface area contributed by atoms with Gasteiger partial charge >= 0.3 is 5.97 Å². The minimum Gasteiger partial charge on any atom is -0.467 e. The molecule has 1 aromatic rings. The molecule has 0 bridgehead atoms. The number of carbonyl (C=O) groups excluding carboxylic acids is 2. The molecule has 2 unspecified atom stereocenters. The molecule has 1 amide bonds. The van der Waals surface area contributed by atoms with Gasteiger partial charge < -0.3 is 15.8 Å². The smallest absolute Gasteiger partial charge is 0.331 e. The number of ether oxygens (including phenoxy) is 1. The largest absolute Gasteiger partial charge is 0.467 e. The van der Waals surface area contributed by atoms with Crippen molar-refractivity contribution in [2.45, 2.75) is 51.1 Å². The van der Waals surface area contributed by atoms with Crippen LogP contribution in [0.3, 0.4) is 0 Å².